The van der Waals surface area contributed by atoms with E-state index in [9.17, 15) is 13.2 Å². The van der Waals surface area contributed by atoms with Crippen LogP contribution in [0, 0.1) is 0 Å². The van der Waals surface area contributed by atoms with Crippen LogP contribution in [0.1, 0.15) is 20.8 Å². The minimum Gasteiger partial charge on any atom is -0.480 e. The van der Waals surface area contributed by atoms with E-state index in [1.54, 1.807) is 20.8 Å². The molecular weight excluding hydrogens is 244 g/mol. The summed E-state index contributed by atoms with van der Waals surface area (Å²) in [7, 11) is 0.0130. The highest BCUT2D eigenvalue weighted by Crippen LogP contribution is 2.19. The van der Waals surface area contributed by atoms with Crippen molar-refractivity contribution in [1.82, 2.24) is 9.21 Å². The van der Waals surface area contributed by atoms with Crippen LogP contribution < -0.4 is 0 Å². The van der Waals surface area contributed by atoms with Gasteiger partial charge in [-0.3, -0.25) is 4.79 Å². The Kier molecular flexibility index (Phi) is 5.57. The Labute approximate surface area is 103 Å². The van der Waals surface area contributed by atoms with Crippen molar-refractivity contribution in [2.24, 2.45) is 0 Å². The maximum atomic E-state index is 12.1. The normalized spacial score (nSPS) is 13.4. The molecule has 0 saturated carbocycles. The van der Waals surface area contributed by atoms with E-state index in [-0.39, 0.29) is 6.54 Å². The van der Waals surface area contributed by atoms with E-state index in [1.165, 1.54) is 0 Å². The fourth-order valence-electron chi connectivity index (χ4n) is 1.13. The lowest BCUT2D eigenvalue weighted by molar-refractivity contribution is -0.137. The van der Waals surface area contributed by atoms with Crippen LogP contribution in [0.15, 0.2) is 0 Å². The number of hydrogen-bond donors (Lipinski definition) is 1. The number of rotatable bonds is 6. The van der Waals surface area contributed by atoms with Crippen LogP contribution in [0.3, 0.4) is 0 Å². The second-order valence-corrected chi connectivity index (χ2v) is 7.84. The quantitative estimate of drug-likeness (QED) is 0.735. The van der Waals surface area contributed by atoms with Gasteiger partial charge in [0.05, 0.1) is 4.75 Å². The molecule has 0 aromatic carbocycles. The summed E-state index contributed by atoms with van der Waals surface area (Å²) in [5, 5.41) is 8.76. The zero-order valence-corrected chi connectivity index (χ0v) is 11.9. The van der Waals surface area contributed by atoms with E-state index < -0.39 is 27.3 Å². The van der Waals surface area contributed by atoms with Crippen molar-refractivity contribution in [2.75, 3.05) is 33.7 Å². The average Bonchev–Trinajstić information content (AvgIpc) is 2.09. The van der Waals surface area contributed by atoms with Crippen LogP contribution in [0.5, 0.6) is 0 Å². The Balaban J connectivity index is 4.98. The molecule has 0 saturated heterocycles. The first kappa shape index (κ1) is 16.3. The summed E-state index contributed by atoms with van der Waals surface area (Å²) in [6, 6.07) is 0. The smallest absolute Gasteiger partial charge is 0.318 e. The number of carboxylic acid groups (broad SMARTS) is 1. The molecule has 0 aliphatic heterocycles. The molecule has 0 unspecified atom stereocenters. The number of aliphatic carboxylic acids is 1. The van der Waals surface area contributed by atoms with Gasteiger partial charge in [-0.05, 0) is 34.9 Å². The molecule has 0 amide bonds. The summed E-state index contributed by atoms with van der Waals surface area (Å²) in [5.41, 5.74) is 0. The molecule has 1 N–H and O–H groups in total. The zero-order chi connectivity index (χ0) is 13.9. The number of likely N-dealkylation sites (N-methyl/N-ethyl adjacent to an activating group) is 1. The Morgan fingerprint density at radius 3 is 1.94 bits per heavy atom. The highest BCUT2D eigenvalue weighted by atomic mass is 32.2. The van der Waals surface area contributed by atoms with Crippen molar-refractivity contribution in [2.45, 2.75) is 25.5 Å². The van der Waals surface area contributed by atoms with Gasteiger partial charge in [-0.1, -0.05) is 0 Å². The predicted molar refractivity (Wildman–Crippen MR) is 66.4 cm³/mol. The second kappa shape index (κ2) is 5.79. The number of nitrogens with zero attached hydrogens (tertiary/aromatic N) is 2. The molecule has 0 atom stereocenters. The molecule has 7 heteroatoms. The van der Waals surface area contributed by atoms with Gasteiger partial charge in [-0.15, -0.1) is 0 Å². The van der Waals surface area contributed by atoms with Crippen molar-refractivity contribution in [3.63, 3.8) is 0 Å². The molecule has 17 heavy (non-hydrogen) atoms. The van der Waals surface area contributed by atoms with E-state index in [2.05, 4.69) is 0 Å². The molecule has 0 aliphatic rings. The summed E-state index contributed by atoms with van der Waals surface area (Å²) in [4.78, 5) is 12.5. The maximum Gasteiger partial charge on any atom is 0.318 e. The van der Waals surface area contributed by atoms with Gasteiger partial charge in [0.15, 0.2) is 0 Å². The van der Waals surface area contributed by atoms with Gasteiger partial charge in [-0.25, -0.2) is 8.42 Å². The first-order valence-corrected chi connectivity index (χ1v) is 6.78. The van der Waals surface area contributed by atoms with Crippen molar-refractivity contribution in [1.29, 1.82) is 0 Å². The number of carbonyl (C=O) groups is 1. The lowest BCUT2D eigenvalue weighted by atomic mass is 10.3. The summed E-state index contributed by atoms with van der Waals surface area (Å²) in [5.74, 6) is -1.14. The first-order valence-electron chi connectivity index (χ1n) is 5.34. The Morgan fingerprint density at radius 2 is 1.65 bits per heavy atom. The van der Waals surface area contributed by atoms with Gasteiger partial charge in [0.1, 0.15) is 6.54 Å². The Bertz CT molecular complexity index is 357. The fraction of sp³-hybridized carbons (Fsp3) is 0.900. The SMILES string of the molecule is CN(C)CCN(CC(=O)O)S(=O)(=O)C(C)(C)C. The van der Waals surface area contributed by atoms with E-state index in [0.717, 1.165) is 4.31 Å². The minimum atomic E-state index is -3.60. The Hall–Kier alpha value is -0.660. The highest BCUT2D eigenvalue weighted by molar-refractivity contribution is 7.90. The van der Waals surface area contributed by atoms with Gasteiger partial charge >= 0.3 is 5.97 Å². The van der Waals surface area contributed by atoms with Gasteiger partial charge in [0.2, 0.25) is 10.0 Å². The monoisotopic (exact) mass is 266 g/mol. The average molecular weight is 266 g/mol. The third kappa shape index (κ3) is 5.01. The van der Waals surface area contributed by atoms with Crippen LogP contribution in [-0.2, 0) is 14.8 Å². The largest absolute Gasteiger partial charge is 0.480 e. The second-order valence-electron chi connectivity index (χ2n) is 5.15. The van der Waals surface area contributed by atoms with Gasteiger partial charge < -0.3 is 10.0 Å². The minimum absolute atomic E-state index is 0.179. The van der Waals surface area contributed by atoms with E-state index in [4.69, 9.17) is 5.11 Å². The predicted octanol–water partition coefficient (Wildman–Crippen LogP) is 0.0629. The third-order valence-corrected chi connectivity index (χ3v) is 4.76. The van der Waals surface area contributed by atoms with Crippen molar-refractivity contribution in [3.8, 4) is 0 Å². The Morgan fingerprint density at radius 1 is 1.18 bits per heavy atom. The fourth-order valence-corrected chi connectivity index (χ4v) is 2.51. The highest BCUT2D eigenvalue weighted by Gasteiger charge is 2.36. The topological polar surface area (TPSA) is 77.9 Å². The molecule has 102 valence electrons. The van der Waals surface area contributed by atoms with Crippen LogP contribution in [0.4, 0.5) is 0 Å². The van der Waals surface area contributed by atoms with Crippen molar-refractivity contribution in [3.05, 3.63) is 0 Å². The van der Waals surface area contributed by atoms with E-state index >= 15 is 0 Å². The molecule has 0 rings (SSSR count). The van der Waals surface area contributed by atoms with Crippen molar-refractivity contribution < 1.29 is 18.3 Å². The molecule has 0 aromatic heterocycles. The van der Waals surface area contributed by atoms with Gasteiger partial charge in [-0.2, -0.15) is 4.31 Å². The number of hydrogen-bond acceptors (Lipinski definition) is 4. The molecule has 0 spiro atoms. The molecular formula is C10H22N2O4S. The summed E-state index contributed by atoms with van der Waals surface area (Å²) >= 11 is 0. The van der Waals surface area contributed by atoms with Gasteiger partial charge in [0, 0.05) is 13.1 Å². The summed E-state index contributed by atoms with van der Waals surface area (Å²) in [6.07, 6.45) is 0. The molecule has 0 fully saturated rings. The summed E-state index contributed by atoms with van der Waals surface area (Å²) in [6.45, 7) is 4.86. The van der Waals surface area contributed by atoms with Crippen molar-refractivity contribution >= 4 is 16.0 Å². The zero-order valence-electron chi connectivity index (χ0n) is 11.1. The molecule has 0 radical (unpaired) electrons. The molecule has 0 bridgehead atoms. The van der Waals surface area contributed by atoms with E-state index in [0.29, 0.717) is 6.54 Å². The van der Waals surface area contributed by atoms with E-state index in [1.807, 2.05) is 19.0 Å². The van der Waals surface area contributed by atoms with Gasteiger partial charge in [0.25, 0.3) is 0 Å². The molecule has 0 aliphatic carbocycles. The first-order chi connectivity index (χ1) is 7.48. The molecule has 0 aromatic rings. The maximum absolute atomic E-state index is 12.1. The summed E-state index contributed by atoms with van der Waals surface area (Å²) < 4.78 is 24.3. The number of sulfonamides is 1. The van der Waals surface area contributed by atoms with Crippen LogP contribution >= 0.6 is 0 Å². The molecule has 0 heterocycles. The third-order valence-electron chi connectivity index (χ3n) is 2.22. The number of carboxylic acids is 1. The van der Waals surface area contributed by atoms with Crippen LogP contribution in [0.25, 0.3) is 0 Å². The standard InChI is InChI=1S/C10H22N2O4S/c1-10(2,3)17(15,16)12(8-9(13)14)7-6-11(4)5/h6-8H2,1-5H3,(H,13,14). The lowest BCUT2D eigenvalue weighted by Crippen LogP contribution is -2.47. The lowest BCUT2D eigenvalue weighted by Gasteiger charge is -2.29. The van der Waals surface area contributed by atoms with Crippen LogP contribution in [-0.4, -0.2) is 67.2 Å². The molecule has 6 nitrogen and oxygen atoms in total. The van der Waals surface area contributed by atoms with Crippen LogP contribution in [0.2, 0.25) is 0 Å².